The lowest BCUT2D eigenvalue weighted by atomic mass is 10.1. The van der Waals surface area contributed by atoms with Gasteiger partial charge >= 0.3 is 0 Å². The van der Waals surface area contributed by atoms with Crippen LogP contribution in [0.25, 0.3) is 0 Å². The van der Waals surface area contributed by atoms with Crippen molar-refractivity contribution in [1.29, 1.82) is 0 Å². The molecule has 0 saturated carbocycles. The lowest BCUT2D eigenvalue weighted by Crippen LogP contribution is -2.35. The number of ether oxygens (including phenoxy) is 2. The Morgan fingerprint density at radius 2 is 1.92 bits per heavy atom. The van der Waals surface area contributed by atoms with E-state index in [1.54, 1.807) is 19.2 Å². The van der Waals surface area contributed by atoms with Gasteiger partial charge in [-0.05, 0) is 55.7 Å². The highest BCUT2D eigenvalue weighted by Crippen LogP contribution is 2.25. The van der Waals surface area contributed by atoms with Crippen molar-refractivity contribution in [3.8, 4) is 11.5 Å². The van der Waals surface area contributed by atoms with Crippen LogP contribution in [0.2, 0.25) is 5.02 Å². The number of carbonyl (C=O) groups excluding carboxylic acids is 1. The molecule has 132 valence electrons. The number of carbonyl (C=O) groups is 1. The van der Waals surface area contributed by atoms with Gasteiger partial charge in [-0.25, -0.2) is 0 Å². The molecule has 1 saturated heterocycles. The minimum absolute atomic E-state index is 0.0753. The molecule has 4 nitrogen and oxygen atoms in total. The normalized spacial score (nSPS) is 14.2. The van der Waals surface area contributed by atoms with Gasteiger partial charge in [-0.3, -0.25) is 4.79 Å². The van der Waals surface area contributed by atoms with Crippen LogP contribution in [0.3, 0.4) is 0 Å². The molecule has 3 rings (SSSR count). The Hall–Kier alpha value is -2.20. The van der Waals surface area contributed by atoms with Crippen LogP contribution in [0.4, 0.5) is 0 Å². The number of methoxy groups -OCH3 is 1. The number of likely N-dealkylation sites (tertiary alicyclic amines) is 1. The molecular weight excluding hydrogens is 338 g/mol. The van der Waals surface area contributed by atoms with Crippen molar-refractivity contribution < 1.29 is 14.3 Å². The van der Waals surface area contributed by atoms with Gasteiger partial charge in [0.15, 0.2) is 0 Å². The third-order valence-corrected chi connectivity index (χ3v) is 4.60. The van der Waals surface area contributed by atoms with Crippen molar-refractivity contribution in [3.05, 3.63) is 58.6 Å². The Kier molecular flexibility index (Phi) is 5.82. The van der Waals surface area contributed by atoms with E-state index in [0.29, 0.717) is 28.7 Å². The van der Waals surface area contributed by atoms with Crippen molar-refractivity contribution in [2.24, 2.45) is 0 Å². The Balaban J connectivity index is 1.76. The standard InChI is InChI=1S/C20H22ClNO3/c1-24-19-9-8-15(20(23)22-10-3-2-4-11-22)12-16(19)14-25-18-7-5-6-17(21)13-18/h5-9,12-13H,2-4,10-11,14H2,1H3. The molecule has 1 aliphatic heterocycles. The first-order valence-electron chi connectivity index (χ1n) is 8.52. The van der Waals surface area contributed by atoms with Crippen LogP contribution < -0.4 is 9.47 Å². The first-order valence-corrected chi connectivity index (χ1v) is 8.90. The fourth-order valence-corrected chi connectivity index (χ4v) is 3.20. The van der Waals surface area contributed by atoms with E-state index in [4.69, 9.17) is 21.1 Å². The summed E-state index contributed by atoms with van der Waals surface area (Å²) in [5, 5.41) is 0.624. The average molecular weight is 360 g/mol. The number of hydrogen-bond acceptors (Lipinski definition) is 3. The minimum atomic E-state index is 0.0753. The molecule has 1 aliphatic rings. The van der Waals surface area contributed by atoms with Crippen LogP contribution in [0, 0.1) is 0 Å². The summed E-state index contributed by atoms with van der Waals surface area (Å²) in [4.78, 5) is 14.6. The van der Waals surface area contributed by atoms with E-state index in [2.05, 4.69) is 0 Å². The fourth-order valence-electron chi connectivity index (χ4n) is 3.02. The molecule has 0 spiro atoms. The van der Waals surface area contributed by atoms with E-state index in [-0.39, 0.29) is 5.91 Å². The first-order chi connectivity index (χ1) is 12.2. The van der Waals surface area contributed by atoms with Crippen molar-refractivity contribution in [2.75, 3.05) is 20.2 Å². The quantitative estimate of drug-likeness (QED) is 0.785. The van der Waals surface area contributed by atoms with E-state index in [1.807, 2.05) is 35.2 Å². The second-order valence-electron chi connectivity index (χ2n) is 6.13. The highest BCUT2D eigenvalue weighted by molar-refractivity contribution is 6.30. The SMILES string of the molecule is COc1ccc(C(=O)N2CCCCC2)cc1COc1cccc(Cl)c1. The molecule has 1 heterocycles. The Labute approximate surface area is 153 Å². The smallest absolute Gasteiger partial charge is 0.253 e. The Morgan fingerprint density at radius 1 is 1.12 bits per heavy atom. The highest BCUT2D eigenvalue weighted by atomic mass is 35.5. The summed E-state index contributed by atoms with van der Waals surface area (Å²) < 4.78 is 11.2. The zero-order chi connectivity index (χ0) is 17.6. The van der Waals surface area contributed by atoms with E-state index in [1.165, 1.54) is 6.42 Å². The predicted octanol–water partition coefficient (Wildman–Crippen LogP) is 4.55. The lowest BCUT2D eigenvalue weighted by molar-refractivity contribution is 0.0724. The molecule has 0 bridgehead atoms. The van der Waals surface area contributed by atoms with Crippen molar-refractivity contribution in [1.82, 2.24) is 4.90 Å². The summed E-state index contributed by atoms with van der Waals surface area (Å²) in [5.41, 5.74) is 1.51. The van der Waals surface area contributed by atoms with Gasteiger partial charge < -0.3 is 14.4 Å². The average Bonchev–Trinajstić information content (AvgIpc) is 2.66. The molecule has 0 aliphatic carbocycles. The van der Waals surface area contributed by atoms with E-state index >= 15 is 0 Å². The number of amides is 1. The molecule has 0 unspecified atom stereocenters. The number of rotatable bonds is 5. The summed E-state index contributed by atoms with van der Waals surface area (Å²) in [6.45, 7) is 1.98. The van der Waals surface area contributed by atoms with Gasteiger partial charge in [-0.1, -0.05) is 17.7 Å². The van der Waals surface area contributed by atoms with Gasteiger partial charge in [-0.2, -0.15) is 0 Å². The second-order valence-corrected chi connectivity index (χ2v) is 6.56. The molecule has 5 heteroatoms. The topological polar surface area (TPSA) is 38.8 Å². The van der Waals surface area contributed by atoms with Gasteiger partial charge in [0, 0.05) is 29.2 Å². The number of halogens is 1. The molecule has 2 aromatic carbocycles. The molecule has 2 aromatic rings. The lowest BCUT2D eigenvalue weighted by Gasteiger charge is -2.27. The molecule has 0 radical (unpaired) electrons. The van der Waals surface area contributed by atoms with Crippen LogP contribution in [-0.4, -0.2) is 31.0 Å². The maximum atomic E-state index is 12.7. The van der Waals surface area contributed by atoms with Gasteiger partial charge in [-0.15, -0.1) is 0 Å². The predicted molar refractivity (Wildman–Crippen MR) is 98.5 cm³/mol. The van der Waals surface area contributed by atoms with Gasteiger partial charge in [0.25, 0.3) is 5.91 Å². The summed E-state index contributed by atoms with van der Waals surface area (Å²) in [6, 6.07) is 12.8. The maximum Gasteiger partial charge on any atom is 0.253 e. The third kappa shape index (κ3) is 4.45. The third-order valence-electron chi connectivity index (χ3n) is 4.36. The molecule has 1 amide bonds. The van der Waals surface area contributed by atoms with Crippen LogP contribution in [0.15, 0.2) is 42.5 Å². The summed E-state index contributed by atoms with van der Waals surface area (Å²) in [6.07, 6.45) is 3.35. The van der Waals surface area contributed by atoms with Crippen LogP contribution >= 0.6 is 11.6 Å². The van der Waals surface area contributed by atoms with Crippen LogP contribution in [0.1, 0.15) is 35.2 Å². The molecule has 1 fully saturated rings. The highest BCUT2D eigenvalue weighted by Gasteiger charge is 2.19. The first kappa shape index (κ1) is 17.6. The Morgan fingerprint density at radius 3 is 2.64 bits per heavy atom. The zero-order valence-electron chi connectivity index (χ0n) is 14.3. The van der Waals surface area contributed by atoms with Gasteiger partial charge in [0.1, 0.15) is 18.1 Å². The minimum Gasteiger partial charge on any atom is -0.496 e. The van der Waals surface area contributed by atoms with Crippen LogP contribution in [0.5, 0.6) is 11.5 Å². The van der Waals surface area contributed by atoms with Crippen LogP contribution in [-0.2, 0) is 6.61 Å². The molecule has 0 atom stereocenters. The summed E-state index contributed by atoms with van der Waals surface area (Å²) >= 11 is 5.98. The second kappa shape index (κ2) is 8.26. The van der Waals surface area contributed by atoms with E-state index in [0.717, 1.165) is 31.5 Å². The number of hydrogen-bond donors (Lipinski definition) is 0. The molecule has 0 aromatic heterocycles. The fraction of sp³-hybridized carbons (Fsp3) is 0.350. The Bertz CT molecular complexity index is 741. The number of nitrogens with zero attached hydrogens (tertiary/aromatic N) is 1. The van der Waals surface area contributed by atoms with Gasteiger partial charge in [0.05, 0.1) is 7.11 Å². The molecular formula is C20H22ClNO3. The monoisotopic (exact) mass is 359 g/mol. The summed E-state index contributed by atoms with van der Waals surface area (Å²) in [7, 11) is 1.62. The number of piperidine rings is 1. The van der Waals surface area contributed by atoms with Crippen molar-refractivity contribution >= 4 is 17.5 Å². The summed E-state index contributed by atoms with van der Waals surface area (Å²) in [5.74, 6) is 1.46. The molecule has 0 N–H and O–H groups in total. The van der Waals surface area contributed by atoms with Gasteiger partial charge in [0.2, 0.25) is 0 Å². The molecule has 25 heavy (non-hydrogen) atoms. The van der Waals surface area contributed by atoms with E-state index in [9.17, 15) is 4.79 Å². The maximum absolute atomic E-state index is 12.7. The number of benzene rings is 2. The van der Waals surface area contributed by atoms with E-state index < -0.39 is 0 Å². The zero-order valence-corrected chi connectivity index (χ0v) is 15.1. The van der Waals surface area contributed by atoms with Crippen molar-refractivity contribution in [2.45, 2.75) is 25.9 Å². The largest absolute Gasteiger partial charge is 0.496 e. The van der Waals surface area contributed by atoms with Crippen molar-refractivity contribution in [3.63, 3.8) is 0 Å².